The molecular weight excluding hydrogens is 314 g/mol. The van der Waals surface area contributed by atoms with Gasteiger partial charge in [0.25, 0.3) is 0 Å². The lowest BCUT2D eigenvalue weighted by atomic mass is 10.2. The third-order valence-electron chi connectivity index (χ3n) is 2.53. The predicted octanol–water partition coefficient (Wildman–Crippen LogP) is 2.81. The number of hydrogen-bond donors (Lipinski definition) is 1. The summed E-state index contributed by atoms with van der Waals surface area (Å²) in [5, 5.41) is 2.90. The molecule has 108 valence electrons. The zero-order valence-corrected chi connectivity index (χ0v) is 14.7. The molecule has 0 aliphatic heterocycles. The Balaban J connectivity index is 3.97. The van der Waals surface area contributed by atoms with Gasteiger partial charge in [0.05, 0.1) is 4.32 Å². The van der Waals surface area contributed by atoms with Crippen LogP contribution in [0.15, 0.2) is 0 Å². The van der Waals surface area contributed by atoms with Gasteiger partial charge in [0.1, 0.15) is 0 Å². The Morgan fingerprint density at radius 3 is 2.17 bits per heavy atom. The van der Waals surface area contributed by atoms with Crippen molar-refractivity contribution in [2.75, 3.05) is 19.8 Å². The van der Waals surface area contributed by atoms with Gasteiger partial charge in [-0.25, -0.2) is 0 Å². The summed E-state index contributed by atoms with van der Waals surface area (Å²) in [6, 6.07) is 0.900. The van der Waals surface area contributed by atoms with E-state index in [0.717, 1.165) is 12.5 Å². The number of carbonyl (C=O) groups excluding carboxylic acids is 1. The highest BCUT2D eigenvalue weighted by atomic mass is 79.9. The zero-order valence-electron chi connectivity index (χ0n) is 12.1. The van der Waals surface area contributed by atoms with Gasteiger partial charge in [0, 0.05) is 19.8 Å². The molecule has 4 nitrogen and oxygen atoms in total. The van der Waals surface area contributed by atoms with Crippen LogP contribution in [0.5, 0.6) is 0 Å². The Bertz CT molecular complexity index is 250. The number of nitrogens with one attached hydrogen (secondary N) is 1. The first-order chi connectivity index (χ1) is 8.25. The maximum atomic E-state index is 11.6. The first-order valence-electron chi connectivity index (χ1n) is 6.50. The van der Waals surface area contributed by atoms with Crippen molar-refractivity contribution in [2.24, 2.45) is 0 Å². The van der Waals surface area contributed by atoms with Crippen LogP contribution in [0.1, 0.15) is 34.1 Å². The highest BCUT2D eigenvalue weighted by molar-refractivity contribution is 9.10. The molecule has 0 saturated carbocycles. The van der Waals surface area contributed by atoms with Crippen molar-refractivity contribution in [3.8, 4) is 0 Å². The lowest BCUT2D eigenvalue weighted by molar-refractivity contribution is -0.122. The van der Waals surface area contributed by atoms with Crippen LogP contribution in [-0.4, -0.2) is 38.6 Å². The second-order valence-electron chi connectivity index (χ2n) is 4.83. The number of rotatable bonds is 9. The Morgan fingerprint density at radius 1 is 1.28 bits per heavy atom. The molecule has 1 amide bonds. The molecule has 0 aromatic heterocycles. The van der Waals surface area contributed by atoms with Gasteiger partial charge >= 0.3 is 8.56 Å². The Kier molecular flexibility index (Phi) is 8.34. The predicted molar refractivity (Wildman–Crippen MR) is 80.3 cm³/mol. The van der Waals surface area contributed by atoms with Crippen molar-refractivity contribution in [3.63, 3.8) is 0 Å². The molecule has 0 saturated heterocycles. The standard InChI is InChI=1S/C12H26BrNO3Si/c1-6-16-18(5,17-7-2)10-8-9-14-11(15)12(3,4)13/h6-10H2,1-5H3,(H,14,15). The summed E-state index contributed by atoms with van der Waals surface area (Å²) in [5.74, 6) is 0.0127. The van der Waals surface area contributed by atoms with Crippen LogP contribution < -0.4 is 5.32 Å². The molecule has 0 unspecified atom stereocenters. The van der Waals surface area contributed by atoms with Crippen molar-refractivity contribution < 1.29 is 13.6 Å². The normalized spacial score (nSPS) is 12.6. The minimum atomic E-state index is -2.03. The van der Waals surface area contributed by atoms with Gasteiger partial charge in [0.2, 0.25) is 5.91 Å². The van der Waals surface area contributed by atoms with Crippen molar-refractivity contribution >= 4 is 30.4 Å². The highest BCUT2D eigenvalue weighted by Gasteiger charge is 2.30. The number of alkyl halides is 1. The average Bonchev–Trinajstić information content (AvgIpc) is 2.23. The van der Waals surface area contributed by atoms with E-state index in [1.54, 1.807) is 0 Å². The second-order valence-corrected chi connectivity index (χ2v) is 10.2. The molecule has 0 aromatic carbocycles. The molecule has 0 bridgehead atoms. The van der Waals surface area contributed by atoms with Gasteiger partial charge < -0.3 is 14.2 Å². The third kappa shape index (κ3) is 7.51. The average molecular weight is 340 g/mol. The van der Waals surface area contributed by atoms with E-state index in [-0.39, 0.29) is 5.91 Å². The molecule has 0 heterocycles. The quantitative estimate of drug-likeness (QED) is 0.399. The molecule has 0 fully saturated rings. The lowest BCUT2D eigenvalue weighted by Crippen LogP contribution is -2.41. The van der Waals surface area contributed by atoms with Crippen LogP contribution in [0.3, 0.4) is 0 Å². The zero-order chi connectivity index (χ0) is 14.2. The smallest absolute Gasteiger partial charge is 0.334 e. The fraction of sp³-hybridized carbons (Fsp3) is 0.917. The molecule has 1 N–H and O–H groups in total. The second kappa shape index (κ2) is 8.30. The lowest BCUT2D eigenvalue weighted by Gasteiger charge is -2.26. The third-order valence-corrected chi connectivity index (χ3v) is 5.95. The van der Waals surface area contributed by atoms with Crippen molar-refractivity contribution in [2.45, 2.75) is 51.0 Å². The van der Waals surface area contributed by atoms with Crippen molar-refractivity contribution in [3.05, 3.63) is 0 Å². The van der Waals surface area contributed by atoms with Crippen LogP contribution in [0.2, 0.25) is 12.6 Å². The molecule has 0 atom stereocenters. The SMILES string of the molecule is CCO[Si](C)(CCCNC(=O)C(C)(C)Br)OCC. The van der Waals surface area contributed by atoms with E-state index < -0.39 is 12.9 Å². The van der Waals surface area contributed by atoms with Crippen LogP contribution in [0.25, 0.3) is 0 Å². The number of carbonyl (C=O) groups is 1. The summed E-state index contributed by atoms with van der Waals surface area (Å²) in [6.07, 6.45) is 0.886. The Hall–Kier alpha value is 0.0869. The molecule has 18 heavy (non-hydrogen) atoms. The molecule has 0 radical (unpaired) electrons. The van der Waals surface area contributed by atoms with Crippen LogP contribution in [0, 0.1) is 0 Å². The first-order valence-corrected chi connectivity index (χ1v) is 9.82. The summed E-state index contributed by atoms with van der Waals surface area (Å²) < 4.78 is 11.0. The topological polar surface area (TPSA) is 47.6 Å². The fourth-order valence-electron chi connectivity index (χ4n) is 1.62. The molecule has 0 aliphatic rings. The largest absolute Gasteiger partial charge is 0.395 e. The van der Waals surface area contributed by atoms with E-state index in [1.807, 2.05) is 27.7 Å². The van der Waals surface area contributed by atoms with E-state index in [1.165, 1.54) is 0 Å². The maximum absolute atomic E-state index is 11.6. The molecule has 0 aromatic rings. The van der Waals surface area contributed by atoms with Crippen LogP contribution in [0.4, 0.5) is 0 Å². The van der Waals surface area contributed by atoms with Crippen molar-refractivity contribution in [1.29, 1.82) is 0 Å². The van der Waals surface area contributed by atoms with E-state index in [4.69, 9.17) is 8.85 Å². The summed E-state index contributed by atoms with van der Waals surface area (Å²) in [7, 11) is -2.03. The maximum Gasteiger partial charge on any atom is 0.334 e. The minimum Gasteiger partial charge on any atom is -0.395 e. The Labute approximate surface area is 120 Å². The molecule has 0 aliphatic carbocycles. The highest BCUT2D eigenvalue weighted by Crippen LogP contribution is 2.17. The monoisotopic (exact) mass is 339 g/mol. The van der Waals surface area contributed by atoms with Crippen LogP contribution >= 0.6 is 15.9 Å². The van der Waals surface area contributed by atoms with E-state index in [9.17, 15) is 4.79 Å². The van der Waals surface area contributed by atoms with Gasteiger partial charge in [-0.15, -0.1) is 0 Å². The molecule has 0 rings (SSSR count). The summed E-state index contributed by atoms with van der Waals surface area (Å²) in [6.45, 7) is 11.8. The van der Waals surface area contributed by atoms with E-state index >= 15 is 0 Å². The van der Waals surface area contributed by atoms with Gasteiger partial charge in [0.15, 0.2) is 0 Å². The van der Waals surface area contributed by atoms with Gasteiger partial charge in [-0.2, -0.15) is 0 Å². The molecular formula is C12H26BrNO3Si. The fourth-order valence-corrected chi connectivity index (χ4v) is 4.17. The number of hydrogen-bond acceptors (Lipinski definition) is 3. The summed E-state index contributed by atoms with van der Waals surface area (Å²) >= 11 is 3.33. The van der Waals surface area contributed by atoms with Gasteiger partial charge in [-0.05, 0) is 46.7 Å². The van der Waals surface area contributed by atoms with Crippen molar-refractivity contribution in [1.82, 2.24) is 5.32 Å². The Morgan fingerprint density at radius 2 is 1.78 bits per heavy atom. The molecule has 0 spiro atoms. The van der Waals surface area contributed by atoms with Gasteiger partial charge in [-0.1, -0.05) is 15.9 Å². The van der Waals surface area contributed by atoms with E-state index in [0.29, 0.717) is 19.8 Å². The number of amides is 1. The summed E-state index contributed by atoms with van der Waals surface area (Å²) in [4.78, 5) is 11.6. The first kappa shape index (κ1) is 18.1. The molecule has 6 heteroatoms. The number of halogens is 1. The summed E-state index contributed by atoms with van der Waals surface area (Å²) in [5.41, 5.74) is 0. The van der Waals surface area contributed by atoms with E-state index in [2.05, 4.69) is 27.8 Å². The van der Waals surface area contributed by atoms with Crippen LogP contribution in [-0.2, 0) is 13.6 Å². The van der Waals surface area contributed by atoms with Gasteiger partial charge in [-0.3, -0.25) is 4.79 Å². The minimum absolute atomic E-state index is 0.0127.